The number of esters is 1. The van der Waals surface area contributed by atoms with Gasteiger partial charge in [0.2, 0.25) is 5.91 Å². The van der Waals surface area contributed by atoms with Crippen LogP contribution in [0.3, 0.4) is 0 Å². The Balaban J connectivity index is 1.42. The lowest BCUT2D eigenvalue weighted by atomic mass is 10.0. The van der Waals surface area contributed by atoms with Crippen LogP contribution >= 0.6 is 11.3 Å². The van der Waals surface area contributed by atoms with E-state index in [9.17, 15) is 33.8 Å². The van der Waals surface area contributed by atoms with Crippen molar-refractivity contribution in [1.29, 1.82) is 0 Å². The number of nitro groups is 1. The second-order valence-corrected chi connectivity index (χ2v) is 9.79. The van der Waals surface area contributed by atoms with Crippen molar-refractivity contribution >= 4 is 45.6 Å². The smallest absolute Gasteiger partial charge is 0.358 e. The third-order valence-electron chi connectivity index (χ3n) is 5.05. The fraction of sp³-hybridized carbons (Fsp3) is 0.250. The summed E-state index contributed by atoms with van der Waals surface area (Å²) in [6, 6.07) is 7.81. The molecule has 0 aliphatic carbocycles. The Morgan fingerprint density at radius 3 is 2.67 bits per heavy atom. The Morgan fingerprint density at radius 2 is 2.03 bits per heavy atom. The van der Waals surface area contributed by atoms with Crippen LogP contribution in [0.15, 0.2) is 53.2 Å². The fourth-order valence-electron chi connectivity index (χ4n) is 3.47. The molecule has 2 aliphatic rings. The minimum atomic E-state index is -1.74. The zero-order valence-electron chi connectivity index (χ0n) is 16.8. The van der Waals surface area contributed by atoms with Gasteiger partial charge in [-0.25, -0.2) is 4.79 Å². The lowest BCUT2D eigenvalue weighted by Crippen LogP contribution is -2.73. The lowest BCUT2D eigenvalue weighted by Gasteiger charge is -2.48. The number of carbonyl (C=O) groups is 3. The SMILES string of the molecule is O=C(Cc1cccs1)N[C@@H]1C(=O)N2C(C(=O)OCc3ccc([N+](=O)[O-])cc3)=C(O)CS(=O)[C@H]12. The summed E-state index contributed by atoms with van der Waals surface area (Å²) >= 11 is 1.39. The number of hydrogen-bond donors (Lipinski definition) is 2. The minimum absolute atomic E-state index is 0.0615. The normalized spacial score (nSPS) is 21.8. The van der Waals surface area contributed by atoms with Gasteiger partial charge >= 0.3 is 5.97 Å². The number of thiophene rings is 1. The average molecular weight is 492 g/mol. The quantitative estimate of drug-likeness (QED) is 0.253. The van der Waals surface area contributed by atoms with Crippen molar-refractivity contribution in [3.8, 4) is 0 Å². The molecule has 1 fully saturated rings. The molecule has 2 amide bonds. The maximum atomic E-state index is 12.7. The number of hydrogen-bond acceptors (Lipinski definition) is 9. The molecule has 2 aliphatic heterocycles. The number of aliphatic hydroxyl groups is 1. The highest BCUT2D eigenvalue weighted by Gasteiger charge is 2.57. The molecule has 13 heteroatoms. The summed E-state index contributed by atoms with van der Waals surface area (Å²) in [5.74, 6) is -3.03. The van der Waals surface area contributed by atoms with Crippen molar-refractivity contribution in [1.82, 2.24) is 10.2 Å². The van der Waals surface area contributed by atoms with Crippen molar-refractivity contribution < 1.29 is 33.4 Å². The van der Waals surface area contributed by atoms with Gasteiger partial charge in [0.25, 0.3) is 11.6 Å². The maximum Gasteiger partial charge on any atom is 0.358 e. The number of nitrogens with one attached hydrogen (secondary N) is 1. The number of carbonyl (C=O) groups excluding carboxylic acids is 3. The zero-order valence-corrected chi connectivity index (χ0v) is 18.5. The number of non-ortho nitro benzene ring substituents is 1. The highest BCUT2D eigenvalue weighted by atomic mass is 32.2. The first-order valence-electron chi connectivity index (χ1n) is 9.61. The molecule has 172 valence electrons. The highest BCUT2D eigenvalue weighted by molar-refractivity contribution is 7.86. The molecule has 1 aromatic carbocycles. The van der Waals surface area contributed by atoms with E-state index in [1.54, 1.807) is 12.1 Å². The molecule has 3 heterocycles. The fourth-order valence-corrected chi connectivity index (χ4v) is 5.69. The molecule has 1 aromatic heterocycles. The first-order valence-corrected chi connectivity index (χ1v) is 11.9. The zero-order chi connectivity index (χ0) is 23.7. The molecule has 3 atom stereocenters. The molecule has 2 aromatic rings. The van der Waals surface area contributed by atoms with Crippen molar-refractivity contribution in [2.75, 3.05) is 5.75 Å². The summed E-state index contributed by atoms with van der Waals surface area (Å²) in [5, 5.41) is 24.3. The summed E-state index contributed by atoms with van der Waals surface area (Å²) in [4.78, 5) is 49.4. The summed E-state index contributed by atoms with van der Waals surface area (Å²) in [5.41, 5.74) is -0.0877. The molecular formula is C20H17N3O8S2. The van der Waals surface area contributed by atoms with E-state index in [4.69, 9.17) is 4.74 Å². The molecule has 0 spiro atoms. The van der Waals surface area contributed by atoms with Gasteiger partial charge in [0.05, 0.1) is 27.9 Å². The van der Waals surface area contributed by atoms with Gasteiger partial charge in [-0.2, -0.15) is 0 Å². The number of benzene rings is 1. The molecule has 0 radical (unpaired) electrons. The van der Waals surface area contributed by atoms with Gasteiger partial charge in [0, 0.05) is 17.0 Å². The summed E-state index contributed by atoms with van der Waals surface area (Å²) in [6.07, 6.45) is 0.0615. The van der Waals surface area contributed by atoms with Crippen molar-refractivity contribution in [2.45, 2.75) is 24.4 Å². The number of aliphatic hydroxyl groups excluding tert-OH is 1. The van der Waals surface area contributed by atoms with E-state index in [-0.39, 0.29) is 24.5 Å². The number of β-lactam (4-membered cyclic amide) rings is 1. The third kappa shape index (κ3) is 4.50. The monoisotopic (exact) mass is 491 g/mol. The van der Waals surface area contributed by atoms with E-state index in [1.807, 2.05) is 5.38 Å². The van der Waals surface area contributed by atoms with Gasteiger partial charge in [-0.3, -0.25) is 28.8 Å². The lowest BCUT2D eigenvalue weighted by molar-refractivity contribution is -0.384. The number of ether oxygens (including phenoxy) is 1. The van der Waals surface area contributed by atoms with Crippen LogP contribution in [0.4, 0.5) is 5.69 Å². The standard InChI is InChI=1S/C20H17N3O8S2/c24-14-10-33(30)19-16(21-15(25)8-13-2-1-7-32-13)18(26)22(19)17(14)20(27)31-9-11-3-5-12(6-4-11)23(28)29/h1-7,16,19,24H,8-10H2,(H,21,25)/t16-,19-,33?/m1/s1. The number of rotatable bonds is 7. The van der Waals surface area contributed by atoms with E-state index in [0.717, 1.165) is 9.78 Å². The number of fused-ring (bicyclic) bond motifs is 1. The van der Waals surface area contributed by atoms with Crippen LogP contribution in [0.5, 0.6) is 0 Å². The maximum absolute atomic E-state index is 12.7. The van der Waals surface area contributed by atoms with E-state index >= 15 is 0 Å². The van der Waals surface area contributed by atoms with Crippen molar-refractivity contribution in [2.24, 2.45) is 0 Å². The molecular weight excluding hydrogens is 474 g/mol. The van der Waals surface area contributed by atoms with Crippen LogP contribution < -0.4 is 5.32 Å². The van der Waals surface area contributed by atoms with Crippen LogP contribution in [-0.4, -0.2) is 54.1 Å². The van der Waals surface area contributed by atoms with Crippen LogP contribution in [0, 0.1) is 10.1 Å². The average Bonchev–Trinajstić information content (AvgIpc) is 3.28. The Hall–Kier alpha value is -3.58. The molecule has 11 nitrogen and oxygen atoms in total. The van der Waals surface area contributed by atoms with E-state index in [2.05, 4.69) is 5.32 Å². The van der Waals surface area contributed by atoms with Crippen LogP contribution in [0.25, 0.3) is 0 Å². The Labute approximate surface area is 193 Å². The van der Waals surface area contributed by atoms with Crippen LogP contribution in [0.2, 0.25) is 0 Å². The summed E-state index contributed by atoms with van der Waals surface area (Å²) in [7, 11) is -1.74. The van der Waals surface area contributed by atoms with Gasteiger partial charge in [-0.1, -0.05) is 6.07 Å². The van der Waals surface area contributed by atoms with Gasteiger partial charge < -0.3 is 15.2 Å². The number of nitro benzene ring substituents is 1. The minimum Gasteiger partial charge on any atom is -0.509 e. The predicted molar refractivity (Wildman–Crippen MR) is 116 cm³/mol. The predicted octanol–water partition coefficient (Wildman–Crippen LogP) is 1.13. The molecule has 0 bridgehead atoms. The third-order valence-corrected chi connectivity index (χ3v) is 7.50. The largest absolute Gasteiger partial charge is 0.509 e. The highest BCUT2D eigenvalue weighted by Crippen LogP contribution is 2.34. The number of nitrogens with zero attached hydrogens (tertiary/aromatic N) is 2. The van der Waals surface area contributed by atoms with Crippen molar-refractivity contribution in [3.05, 3.63) is 73.8 Å². The topological polar surface area (TPSA) is 156 Å². The molecule has 1 unspecified atom stereocenters. The van der Waals surface area contributed by atoms with E-state index in [1.165, 1.54) is 35.6 Å². The Bertz CT molecular complexity index is 1180. The van der Waals surface area contributed by atoms with Crippen LogP contribution in [0.1, 0.15) is 10.4 Å². The Morgan fingerprint density at radius 1 is 1.30 bits per heavy atom. The summed E-state index contributed by atoms with van der Waals surface area (Å²) < 4.78 is 17.7. The van der Waals surface area contributed by atoms with Gasteiger partial charge in [0.15, 0.2) is 5.70 Å². The molecule has 4 rings (SSSR count). The first kappa shape index (κ1) is 22.6. The van der Waals surface area contributed by atoms with E-state index < -0.39 is 56.4 Å². The molecule has 0 saturated carbocycles. The molecule has 33 heavy (non-hydrogen) atoms. The second kappa shape index (κ2) is 9.11. The Kier molecular flexibility index (Phi) is 6.24. The summed E-state index contributed by atoms with van der Waals surface area (Å²) in [6.45, 7) is -0.260. The van der Waals surface area contributed by atoms with Crippen molar-refractivity contribution in [3.63, 3.8) is 0 Å². The first-order chi connectivity index (χ1) is 15.8. The van der Waals surface area contributed by atoms with E-state index in [0.29, 0.717) is 5.56 Å². The van der Waals surface area contributed by atoms with Gasteiger partial charge in [-0.15, -0.1) is 11.3 Å². The van der Waals surface area contributed by atoms with Crippen LogP contribution in [-0.2, 0) is 42.9 Å². The number of amides is 2. The van der Waals surface area contributed by atoms with Gasteiger partial charge in [0.1, 0.15) is 23.8 Å². The molecule has 1 saturated heterocycles. The molecule has 2 N–H and O–H groups in total. The van der Waals surface area contributed by atoms with Gasteiger partial charge in [-0.05, 0) is 29.1 Å². The second-order valence-electron chi connectivity index (χ2n) is 7.22.